The fraction of sp³-hybridized carbons (Fsp3) is 0. The average molecular weight is 171 g/mol. The Labute approximate surface area is 75.0 Å². The Morgan fingerprint density at radius 1 is 1.23 bits per heavy atom. The second-order valence-electron chi connectivity index (χ2n) is 2.74. The molecule has 0 aliphatic rings. The fourth-order valence-electron chi connectivity index (χ4n) is 1.26. The first-order valence-corrected chi connectivity index (χ1v) is 3.85. The number of hydrogen-bond donors (Lipinski definition) is 1. The van der Waals surface area contributed by atoms with Gasteiger partial charge in [-0.2, -0.15) is 5.26 Å². The van der Waals surface area contributed by atoms with E-state index in [4.69, 9.17) is 5.26 Å². The van der Waals surface area contributed by atoms with Crippen molar-refractivity contribution in [3.8, 4) is 6.07 Å². The number of rotatable bonds is 0. The lowest BCUT2D eigenvalue weighted by molar-refractivity contribution is -0.905. The minimum atomic E-state index is 0.235. The Morgan fingerprint density at radius 2 is 1.92 bits per heavy atom. The van der Waals surface area contributed by atoms with E-state index in [1.54, 1.807) is 6.07 Å². The lowest BCUT2D eigenvalue weighted by atomic mass is 10.1. The van der Waals surface area contributed by atoms with Crippen LogP contribution in [0.1, 0.15) is 5.69 Å². The first-order chi connectivity index (χ1) is 6.31. The third-order valence-corrected chi connectivity index (χ3v) is 1.91. The van der Waals surface area contributed by atoms with Gasteiger partial charge in [-0.05, 0) is 11.5 Å². The molecular weight excluding hydrogens is 164 g/mol. The van der Waals surface area contributed by atoms with Gasteiger partial charge < -0.3 is 0 Å². The highest BCUT2D eigenvalue weighted by atomic mass is 16.5. The molecule has 3 nitrogen and oxygen atoms in total. The first kappa shape index (κ1) is 7.56. The van der Waals surface area contributed by atoms with E-state index in [2.05, 4.69) is 0 Å². The van der Waals surface area contributed by atoms with Crippen molar-refractivity contribution in [2.24, 2.45) is 0 Å². The molecule has 0 aliphatic heterocycles. The molecular formula is C10H7N2O+. The highest BCUT2D eigenvalue weighted by Crippen LogP contribution is 2.11. The van der Waals surface area contributed by atoms with Gasteiger partial charge in [-0.25, -0.2) is 0 Å². The summed E-state index contributed by atoms with van der Waals surface area (Å²) < 4.78 is 0.836. The molecule has 2 rings (SSSR count). The van der Waals surface area contributed by atoms with E-state index < -0.39 is 0 Å². The van der Waals surface area contributed by atoms with Crippen molar-refractivity contribution in [1.29, 1.82) is 5.26 Å². The van der Waals surface area contributed by atoms with E-state index in [0.717, 1.165) is 15.5 Å². The smallest absolute Gasteiger partial charge is 0.284 e. The van der Waals surface area contributed by atoms with Gasteiger partial charge in [0.1, 0.15) is 0 Å². The van der Waals surface area contributed by atoms with Gasteiger partial charge in [0.05, 0.1) is 5.39 Å². The summed E-state index contributed by atoms with van der Waals surface area (Å²) >= 11 is 0. The van der Waals surface area contributed by atoms with E-state index in [9.17, 15) is 5.21 Å². The zero-order valence-electron chi connectivity index (χ0n) is 6.81. The maximum atomic E-state index is 9.30. The first-order valence-electron chi connectivity index (χ1n) is 3.85. The summed E-state index contributed by atoms with van der Waals surface area (Å²) in [4.78, 5) is 0. The Kier molecular flexibility index (Phi) is 1.60. The number of hydrogen-bond acceptors (Lipinski definition) is 2. The van der Waals surface area contributed by atoms with Gasteiger partial charge in [-0.1, -0.05) is 18.2 Å². The van der Waals surface area contributed by atoms with Crippen molar-refractivity contribution >= 4 is 10.8 Å². The largest absolute Gasteiger partial charge is 0.333 e. The average Bonchev–Trinajstić information content (AvgIpc) is 2.17. The van der Waals surface area contributed by atoms with Crippen LogP contribution in [0.2, 0.25) is 0 Å². The zero-order chi connectivity index (χ0) is 9.26. The van der Waals surface area contributed by atoms with Crippen molar-refractivity contribution in [1.82, 2.24) is 0 Å². The molecule has 0 aliphatic carbocycles. The molecule has 1 N–H and O–H groups in total. The van der Waals surface area contributed by atoms with Crippen LogP contribution in [0.3, 0.4) is 0 Å². The molecule has 1 aromatic heterocycles. The van der Waals surface area contributed by atoms with Crippen LogP contribution in [-0.2, 0) is 0 Å². The van der Waals surface area contributed by atoms with Crippen LogP contribution in [0.15, 0.2) is 36.5 Å². The summed E-state index contributed by atoms with van der Waals surface area (Å²) in [5.41, 5.74) is 0.235. The summed E-state index contributed by atoms with van der Waals surface area (Å²) in [6.45, 7) is 0. The summed E-state index contributed by atoms with van der Waals surface area (Å²) in [5.74, 6) is 0. The lowest BCUT2D eigenvalue weighted by Gasteiger charge is -1.93. The van der Waals surface area contributed by atoms with Crippen LogP contribution >= 0.6 is 0 Å². The van der Waals surface area contributed by atoms with Crippen molar-refractivity contribution in [2.75, 3.05) is 0 Å². The number of nitriles is 1. The Balaban J connectivity index is 2.83. The van der Waals surface area contributed by atoms with Gasteiger partial charge >= 0.3 is 5.69 Å². The van der Waals surface area contributed by atoms with Crippen LogP contribution in [0.5, 0.6) is 0 Å². The molecule has 0 fully saturated rings. The topological polar surface area (TPSA) is 47.9 Å². The molecule has 0 unspecified atom stereocenters. The molecule has 0 bridgehead atoms. The minimum absolute atomic E-state index is 0.235. The van der Waals surface area contributed by atoms with Crippen LogP contribution in [0.25, 0.3) is 10.8 Å². The highest BCUT2D eigenvalue weighted by molar-refractivity contribution is 5.81. The lowest BCUT2D eigenvalue weighted by Crippen LogP contribution is -2.33. The van der Waals surface area contributed by atoms with E-state index in [0.29, 0.717) is 0 Å². The van der Waals surface area contributed by atoms with Gasteiger partial charge in [-0.15, -0.1) is 0 Å². The Hall–Kier alpha value is -2.08. The van der Waals surface area contributed by atoms with E-state index >= 15 is 0 Å². The normalized spacial score (nSPS) is 9.77. The number of nitrogens with zero attached hydrogens (tertiary/aromatic N) is 2. The molecule has 0 amide bonds. The van der Waals surface area contributed by atoms with Gasteiger partial charge in [0, 0.05) is 10.8 Å². The standard InChI is InChI=1S/C10H7N2O/c11-6-10-5-8-3-1-2-4-9(8)7-12(10)13/h1-5,7,13H/q+1. The predicted octanol–water partition coefficient (Wildman–Crippen LogP) is 1.24. The quantitative estimate of drug-likeness (QED) is 0.478. The molecule has 1 heterocycles. The van der Waals surface area contributed by atoms with E-state index in [1.807, 2.05) is 30.3 Å². The van der Waals surface area contributed by atoms with Gasteiger partial charge in [-0.3, -0.25) is 5.21 Å². The van der Waals surface area contributed by atoms with Crippen LogP contribution in [-0.4, -0.2) is 5.21 Å². The molecule has 0 saturated carbocycles. The third kappa shape index (κ3) is 1.18. The van der Waals surface area contributed by atoms with Crippen molar-refractivity contribution in [3.05, 3.63) is 42.2 Å². The van der Waals surface area contributed by atoms with Gasteiger partial charge in [0.2, 0.25) is 6.20 Å². The molecule has 3 heteroatoms. The predicted molar refractivity (Wildman–Crippen MR) is 46.0 cm³/mol. The van der Waals surface area contributed by atoms with Crippen molar-refractivity contribution in [2.45, 2.75) is 0 Å². The molecule has 1 aromatic carbocycles. The molecule has 0 atom stereocenters. The van der Waals surface area contributed by atoms with Crippen LogP contribution in [0.4, 0.5) is 0 Å². The highest BCUT2D eigenvalue weighted by Gasteiger charge is 2.09. The van der Waals surface area contributed by atoms with Crippen molar-refractivity contribution in [3.63, 3.8) is 0 Å². The molecule has 0 spiro atoms. The third-order valence-electron chi connectivity index (χ3n) is 1.91. The molecule has 62 valence electrons. The van der Waals surface area contributed by atoms with Gasteiger partial charge in [0.25, 0.3) is 0 Å². The number of fused-ring (bicyclic) bond motifs is 1. The summed E-state index contributed by atoms with van der Waals surface area (Å²) in [7, 11) is 0. The summed E-state index contributed by atoms with van der Waals surface area (Å²) in [6, 6.07) is 11.1. The Bertz CT molecular complexity index is 500. The van der Waals surface area contributed by atoms with Gasteiger partial charge in [0.15, 0.2) is 6.07 Å². The fourth-order valence-corrected chi connectivity index (χ4v) is 1.26. The van der Waals surface area contributed by atoms with Crippen molar-refractivity contribution < 1.29 is 9.94 Å². The second-order valence-corrected chi connectivity index (χ2v) is 2.74. The zero-order valence-corrected chi connectivity index (χ0v) is 6.81. The number of pyridine rings is 1. The monoisotopic (exact) mass is 171 g/mol. The maximum absolute atomic E-state index is 9.30. The van der Waals surface area contributed by atoms with Crippen LogP contribution in [0, 0.1) is 11.3 Å². The van der Waals surface area contributed by atoms with E-state index in [-0.39, 0.29) is 5.69 Å². The second kappa shape index (κ2) is 2.76. The van der Waals surface area contributed by atoms with E-state index in [1.165, 1.54) is 6.20 Å². The SMILES string of the molecule is N#Cc1cc2ccccc2c[n+]1O. The summed E-state index contributed by atoms with van der Waals surface area (Å²) in [6.07, 6.45) is 1.52. The molecule has 13 heavy (non-hydrogen) atoms. The minimum Gasteiger partial charge on any atom is -0.284 e. The molecule has 0 radical (unpaired) electrons. The molecule has 2 aromatic rings. The summed E-state index contributed by atoms with van der Waals surface area (Å²) in [5, 5.41) is 19.8. The number of aromatic nitrogens is 1. The maximum Gasteiger partial charge on any atom is 0.333 e. The van der Waals surface area contributed by atoms with Crippen LogP contribution < -0.4 is 4.73 Å². The number of benzene rings is 1. The molecule has 0 saturated heterocycles. The Morgan fingerprint density at radius 3 is 2.62 bits per heavy atom.